The van der Waals surface area contributed by atoms with Crippen LogP contribution in [0.5, 0.6) is 5.75 Å². The number of hydroxylamine groups is 1. The van der Waals surface area contributed by atoms with Gasteiger partial charge in [-0.05, 0) is 36.9 Å². The molecule has 0 unspecified atom stereocenters. The van der Waals surface area contributed by atoms with E-state index in [4.69, 9.17) is 9.94 Å². The fourth-order valence-electron chi connectivity index (χ4n) is 2.81. The van der Waals surface area contributed by atoms with Crippen molar-refractivity contribution < 1.29 is 19.5 Å². The van der Waals surface area contributed by atoms with E-state index in [1.165, 1.54) is 11.2 Å². The van der Waals surface area contributed by atoms with Crippen molar-refractivity contribution >= 4 is 18.0 Å². The van der Waals surface area contributed by atoms with Crippen molar-refractivity contribution in [1.82, 2.24) is 15.4 Å². The lowest BCUT2D eigenvalue weighted by molar-refractivity contribution is 0.0375. The molecule has 146 valence electrons. The summed E-state index contributed by atoms with van der Waals surface area (Å²) >= 11 is 0. The number of hydrogen-bond donors (Lipinski definition) is 2. The summed E-state index contributed by atoms with van der Waals surface area (Å²) in [7, 11) is 3.59. The van der Waals surface area contributed by atoms with Crippen molar-refractivity contribution in [2.24, 2.45) is 5.10 Å². The largest absolute Gasteiger partial charge is 0.487 e. The summed E-state index contributed by atoms with van der Waals surface area (Å²) in [6.07, 6.45) is 1.60. The number of carbonyl (C=O) groups excluding carboxylic acids is 2. The van der Waals surface area contributed by atoms with Crippen molar-refractivity contribution in [2.45, 2.75) is 6.10 Å². The Labute approximate surface area is 163 Å². The van der Waals surface area contributed by atoms with Gasteiger partial charge in [-0.2, -0.15) is 5.10 Å². The van der Waals surface area contributed by atoms with Gasteiger partial charge in [0.05, 0.1) is 11.8 Å². The van der Waals surface area contributed by atoms with Gasteiger partial charge in [0, 0.05) is 25.7 Å². The van der Waals surface area contributed by atoms with Crippen LogP contribution >= 0.6 is 0 Å². The Hall–Kier alpha value is -3.23. The van der Waals surface area contributed by atoms with Gasteiger partial charge in [0.15, 0.2) is 0 Å². The van der Waals surface area contributed by atoms with E-state index in [1.807, 2.05) is 13.1 Å². The number of nitrogens with zero attached hydrogens (tertiary/aromatic N) is 3. The van der Waals surface area contributed by atoms with E-state index in [0.717, 1.165) is 13.1 Å². The SMILES string of the molecule is CN1CC(Oc2ccccc2C(=O)N(C)/N=C/c2ccc(C(=O)NO)cc2)C1. The molecule has 1 fully saturated rings. The highest BCUT2D eigenvalue weighted by Crippen LogP contribution is 2.23. The van der Waals surface area contributed by atoms with Crippen LogP contribution in [0.25, 0.3) is 0 Å². The Kier molecular flexibility index (Phi) is 6.03. The molecule has 0 saturated carbocycles. The maximum absolute atomic E-state index is 12.8. The minimum absolute atomic E-state index is 0.0855. The number of nitrogens with one attached hydrogen (secondary N) is 1. The van der Waals surface area contributed by atoms with E-state index in [1.54, 1.807) is 55.0 Å². The van der Waals surface area contributed by atoms with Gasteiger partial charge in [-0.3, -0.25) is 19.7 Å². The number of ether oxygens (including phenoxy) is 1. The van der Waals surface area contributed by atoms with Crippen LogP contribution in [0.3, 0.4) is 0 Å². The number of benzene rings is 2. The Morgan fingerprint density at radius 2 is 1.89 bits per heavy atom. The van der Waals surface area contributed by atoms with Gasteiger partial charge in [-0.15, -0.1) is 0 Å². The van der Waals surface area contributed by atoms with E-state index in [9.17, 15) is 9.59 Å². The van der Waals surface area contributed by atoms with Gasteiger partial charge in [-0.1, -0.05) is 24.3 Å². The molecule has 2 aromatic carbocycles. The first-order valence-electron chi connectivity index (χ1n) is 8.78. The van der Waals surface area contributed by atoms with Crippen molar-refractivity contribution in [3.63, 3.8) is 0 Å². The quantitative estimate of drug-likeness (QED) is 0.450. The lowest BCUT2D eigenvalue weighted by atomic mass is 10.1. The van der Waals surface area contributed by atoms with Crippen LogP contribution in [0.1, 0.15) is 26.3 Å². The highest BCUT2D eigenvalue weighted by Gasteiger charge is 2.26. The standard InChI is InChI=1S/C20H22N4O4/c1-23-12-16(13-23)28-18-6-4-3-5-17(18)20(26)24(2)21-11-14-7-9-15(10-8-14)19(25)22-27/h3-11,16,27H,12-13H2,1-2H3,(H,22,25)/b21-11+. The summed E-state index contributed by atoms with van der Waals surface area (Å²) in [6.45, 7) is 1.67. The first kappa shape index (κ1) is 19.5. The highest BCUT2D eigenvalue weighted by molar-refractivity contribution is 5.97. The second kappa shape index (κ2) is 8.64. The summed E-state index contributed by atoms with van der Waals surface area (Å²) < 4.78 is 5.93. The number of hydrogen-bond acceptors (Lipinski definition) is 6. The molecule has 0 atom stereocenters. The van der Waals surface area contributed by atoms with Gasteiger partial charge < -0.3 is 4.74 Å². The molecule has 3 rings (SSSR count). The maximum atomic E-state index is 12.8. The van der Waals surface area contributed by atoms with Gasteiger partial charge >= 0.3 is 0 Å². The summed E-state index contributed by atoms with van der Waals surface area (Å²) in [4.78, 5) is 26.2. The first-order chi connectivity index (χ1) is 13.5. The van der Waals surface area contributed by atoms with E-state index in [0.29, 0.717) is 22.4 Å². The zero-order valence-electron chi connectivity index (χ0n) is 15.7. The minimum atomic E-state index is -0.593. The molecule has 1 saturated heterocycles. The molecule has 0 spiro atoms. The molecule has 1 heterocycles. The van der Waals surface area contributed by atoms with Crippen molar-refractivity contribution in [2.75, 3.05) is 27.2 Å². The molecule has 0 bridgehead atoms. The van der Waals surface area contributed by atoms with Gasteiger partial charge in [0.1, 0.15) is 11.9 Å². The lowest BCUT2D eigenvalue weighted by Crippen LogP contribution is -2.51. The van der Waals surface area contributed by atoms with Gasteiger partial charge in [0.25, 0.3) is 11.8 Å². The predicted molar refractivity (Wildman–Crippen MR) is 104 cm³/mol. The van der Waals surface area contributed by atoms with Crippen LogP contribution in [-0.4, -0.2) is 66.4 Å². The molecule has 2 amide bonds. The predicted octanol–water partition coefficient (Wildman–Crippen LogP) is 1.60. The van der Waals surface area contributed by atoms with Crippen LogP contribution in [0.2, 0.25) is 0 Å². The number of rotatable bonds is 6. The fraction of sp³-hybridized carbons (Fsp3) is 0.250. The molecule has 0 aliphatic carbocycles. The lowest BCUT2D eigenvalue weighted by Gasteiger charge is -2.36. The maximum Gasteiger partial charge on any atom is 0.277 e. The van der Waals surface area contributed by atoms with Crippen LogP contribution in [0.4, 0.5) is 0 Å². The van der Waals surface area contributed by atoms with Gasteiger partial charge in [0.2, 0.25) is 0 Å². The molecule has 0 radical (unpaired) electrons. The second-order valence-electron chi connectivity index (χ2n) is 6.59. The average molecular weight is 382 g/mol. The number of carbonyl (C=O) groups is 2. The molecule has 1 aliphatic heterocycles. The minimum Gasteiger partial charge on any atom is -0.487 e. The van der Waals surface area contributed by atoms with Crippen molar-refractivity contribution in [3.05, 3.63) is 65.2 Å². The third-order valence-corrected chi connectivity index (χ3v) is 4.39. The van der Waals surface area contributed by atoms with E-state index in [-0.39, 0.29) is 12.0 Å². The van der Waals surface area contributed by atoms with Crippen LogP contribution in [0.15, 0.2) is 53.6 Å². The molecular formula is C20H22N4O4. The van der Waals surface area contributed by atoms with Crippen LogP contribution < -0.4 is 10.2 Å². The topological polar surface area (TPSA) is 94.5 Å². The Bertz CT molecular complexity index is 876. The Balaban J connectivity index is 1.67. The van der Waals surface area contributed by atoms with Crippen LogP contribution in [-0.2, 0) is 0 Å². The fourth-order valence-corrected chi connectivity index (χ4v) is 2.81. The Morgan fingerprint density at radius 1 is 1.21 bits per heavy atom. The summed E-state index contributed by atoms with van der Waals surface area (Å²) in [5, 5.41) is 14.0. The third kappa shape index (κ3) is 4.54. The molecule has 28 heavy (non-hydrogen) atoms. The summed E-state index contributed by atoms with van der Waals surface area (Å²) in [5.74, 6) is -0.326. The van der Waals surface area contributed by atoms with E-state index in [2.05, 4.69) is 10.0 Å². The normalized spacial score (nSPS) is 14.5. The molecular weight excluding hydrogens is 360 g/mol. The zero-order chi connectivity index (χ0) is 20.1. The summed E-state index contributed by atoms with van der Waals surface area (Å²) in [6, 6.07) is 13.5. The number of likely N-dealkylation sites (N-methyl/N-ethyl adjacent to an activating group) is 1. The van der Waals surface area contributed by atoms with E-state index < -0.39 is 5.91 Å². The van der Waals surface area contributed by atoms with Crippen LogP contribution in [0, 0.1) is 0 Å². The Morgan fingerprint density at radius 3 is 2.54 bits per heavy atom. The number of likely N-dealkylation sites (tertiary alicyclic amines) is 1. The molecule has 2 N–H and O–H groups in total. The number of hydrazone groups is 1. The number of amides is 2. The molecule has 8 heteroatoms. The van der Waals surface area contributed by atoms with Gasteiger partial charge in [-0.25, -0.2) is 10.5 Å². The molecule has 8 nitrogen and oxygen atoms in total. The third-order valence-electron chi connectivity index (χ3n) is 4.39. The molecule has 0 aromatic heterocycles. The smallest absolute Gasteiger partial charge is 0.277 e. The zero-order valence-corrected chi connectivity index (χ0v) is 15.7. The first-order valence-corrected chi connectivity index (χ1v) is 8.78. The highest BCUT2D eigenvalue weighted by atomic mass is 16.5. The average Bonchev–Trinajstić information content (AvgIpc) is 2.70. The molecule has 1 aliphatic rings. The second-order valence-corrected chi connectivity index (χ2v) is 6.59. The summed E-state index contributed by atoms with van der Waals surface area (Å²) in [5.41, 5.74) is 3.05. The van der Waals surface area contributed by atoms with Crippen molar-refractivity contribution in [1.29, 1.82) is 0 Å². The number of para-hydroxylation sites is 1. The van der Waals surface area contributed by atoms with E-state index >= 15 is 0 Å². The monoisotopic (exact) mass is 382 g/mol. The van der Waals surface area contributed by atoms with Crippen molar-refractivity contribution in [3.8, 4) is 5.75 Å². The molecule has 2 aromatic rings.